The monoisotopic (exact) mass is 567 g/mol. The molecular formula is C25H24F3N3O5S2. The second kappa shape index (κ2) is 12.8. The van der Waals surface area contributed by atoms with Crippen molar-refractivity contribution >= 4 is 39.5 Å². The van der Waals surface area contributed by atoms with E-state index in [4.69, 9.17) is 0 Å². The van der Waals surface area contributed by atoms with Crippen LogP contribution >= 0.6 is 11.8 Å². The number of benzene rings is 3. The molecule has 8 nitrogen and oxygen atoms in total. The van der Waals surface area contributed by atoms with Crippen LogP contribution in [0.5, 0.6) is 0 Å². The van der Waals surface area contributed by atoms with Gasteiger partial charge in [0, 0.05) is 18.0 Å². The Bertz CT molecular complexity index is 1350. The van der Waals surface area contributed by atoms with Gasteiger partial charge in [-0.15, -0.1) is 0 Å². The van der Waals surface area contributed by atoms with Gasteiger partial charge < -0.3 is 15.7 Å². The Morgan fingerprint density at radius 3 is 2.24 bits per heavy atom. The van der Waals surface area contributed by atoms with Crippen molar-refractivity contribution < 1.29 is 36.3 Å². The van der Waals surface area contributed by atoms with Crippen LogP contribution in [0.2, 0.25) is 0 Å². The van der Waals surface area contributed by atoms with Crippen LogP contribution in [0, 0.1) is 0 Å². The minimum atomic E-state index is -4.36. The van der Waals surface area contributed by atoms with Crippen molar-refractivity contribution in [3.63, 3.8) is 0 Å². The lowest BCUT2D eigenvalue weighted by Crippen LogP contribution is -2.31. The summed E-state index contributed by atoms with van der Waals surface area (Å²) in [6, 6.07) is 19.3. The average molecular weight is 568 g/mol. The molecule has 0 aromatic heterocycles. The van der Waals surface area contributed by atoms with Gasteiger partial charge in [-0.25, -0.2) is 17.9 Å². The zero-order valence-electron chi connectivity index (χ0n) is 19.7. The fourth-order valence-electron chi connectivity index (χ4n) is 3.45. The van der Waals surface area contributed by atoms with Gasteiger partial charge in [0.05, 0.1) is 17.4 Å². The second-order valence-electron chi connectivity index (χ2n) is 7.96. The zero-order valence-corrected chi connectivity index (χ0v) is 21.4. The number of carboxylic acid groups (broad SMARTS) is 1. The Balaban J connectivity index is 1.67. The van der Waals surface area contributed by atoms with Crippen LogP contribution in [0.25, 0.3) is 11.1 Å². The molecule has 38 heavy (non-hydrogen) atoms. The molecule has 1 unspecified atom stereocenters. The van der Waals surface area contributed by atoms with Gasteiger partial charge in [0.2, 0.25) is 10.0 Å². The van der Waals surface area contributed by atoms with Crippen molar-refractivity contribution in [2.75, 3.05) is 17.6 Å². The van der Waals surface area contributed by atoms with Gasteiger partial charge >= 0.3 is 17.5 Å². The molecule has 3 aromatic carbocycles. The maximum absolute atomic E-state index is 13.0. The number of rotatable bonds is 11. The Kier molecular flexibility index (Phi) is 9.78. The maximum atomic E-state index is 13.0. The number of carboxylic acids is 1. The number of aliphatic carboxylic acids is 1. The largest absolute Gasteiger partial charge is 0.481 e. The van der Waals surface area contributed by atoms with Crippen molar-refractivity contribution in [3.8, 4) is 11.1 Å². The highest BCUT2D eigenvalue weighted by Crippen LogP contribution is 2.29. The van der Waals surface area contributed by atoms with Crippen LogP contribution in [0.3, 0.4) is 0 Å². The summed E-state index contributed by atoms with van der Waals surface area (Å²) in [5.74, 6) is -1.47. The number of anilines is 1. The Labute approximate surface area is 221 Å². The highest BCUT2D eigenvalue weighted by atomic mass is 32.2. The lowest BCUT2D eigenvalue weighted by atomic mass is 10.1. The van der Waals surface area contributed by atoms with Crippen molar-refractivity contribution in [3.05, 3.63) is 84.4 Å². The first-order valence-corrected chi connectivity index (χ1v) is 13.6. The number of thioether (sulfide) groups is 1. The summed E-state index contributed by atoms with van der Waals surface area (Å²) in [7, 11) is -4.05. The fraction of sp³-hybridized carbons (Fsp3) is 0.200. The Hall–Kier alpha value is -3.55. The molecule has 0 saturated heterocycles. The van der Waals surface area contributed by atoms with E-state index in [1.807, 2.05) is 0 Å². The van der Waals surface area contributed by atoms with Crippen LogP contribution in [-0.2, 0) is 14.8 Å². The third-order valence-electron chi connectivity index (χ3n) is 5.15. The molecule has 0 aliphatic rings. The van der Waals surface area contributed by atoms with Gasteiger partial charge in [-0.1, -0.05) is 54.6 Å². The molecule has 0 aliphatic heterocycles. The molecule has 0 radical (unpaired) electrons. The molecule has 0 saturated carbocycles. The third-order valence-corrected chi connectivity index (χ3v) is 7.37. The summed E-state index contributed by atoms with van der Waals surface area (Å²) in [6.45, 7) is -0.169. The molecule has 0 spiro atoms. The quantitative estimate of drug-likeness (QED) is 0.236. The number of hydrogen-bond donors (Lipinski definition) is 4. The highest BCUT2D eigenvalue weighted by Gasteiger charge is 2.27. The third kappa shape index (κ3) is 9.08. The van der Waals surface area contributed by atoms with Crippen LogP contribution in [0.15, 0.2) is 83.8 Å². The van der Waals surface area contributed by atoms with Gasteiger partial charge in [0.25, 0.3) is 0 Å². The van der Waals surface area contributed by atoms with Crippen LogP contribution in [0.1, 0.15) is 18.0 Å². The summed E-state index contributed by atoms with van der Waals surface area (Å²) in [4.78, 5) is 23.2. The number of alkyl halides is 3. The van der Waals surface area contributed by atoms with Crippen molar-refractivity contribution in [2.24, 2.45) is 0 Å². The van der Waals surface area contributed by atoms with Crippen LogP contribution < -0.4 is 15.4 Å². The number of hydrogen-bond acceptors (Lipinski definition) is 5. The molecule has 3 rings (SSSR count). The molecule has 2 amide bonds. The number of carbonyl (C=O) groups is 2. The van der Waals surface area contributed by atoms with Crippen LogP contribution in [-0.4, -0.2) is 43.3 Å². The van der Waals surface area contributed by atoms with Crippen molar-refractivity contribution in [1.82, 2.24) is 10.0 Å². The molecule has 1 atom stereocenters. The summed E-state index contributed by atoms with van der Waals surface area (Å²) in [5.41, 5.74) is -2.16. The van der Waals surface area contributed by atoms with E-state index >= 15 is 0 Å². The maximum Gasteiger partial charge on any atom is 0.441 e. The van der Waals surface area contributed by atoms with E-state index in [-0.39, 0.29) is 29.0 Å². The lowest BCUT2D eigenvalue weighted by molar-refractivity contribution is -0.137. The zero-order chi connectivity index (χ0) is 27.8. The summed E-state index contributed by atoms with van der Waals surface area (Å²) in [5, 5.41) is 14.1. The number of urea groups is 1. The standard InChI is InChI=1S/C25H24F3N3O5S2/c26-25(27,28)37-14-13-29-24(34)30-20-8-4-7-19(15-20)17-9-11-21(12-10-17)38(35,36)31-22(16-23(32)33)18-5-2-1-3-6-18/h1-12,15,22,31H,13-14,16H2,(H,32,33)(H2,29,30,34). The first-order chi connectivity index (χ1) is 17.9. The molecule has 13 heteroatoms. The molecule has 4 N–H and O–H groups in total. The Morgan fingerprint density at radius 2 is 1.61 bits per heavy atom. The predicted molar refractivity (Wildman–Crippen MR) is 139 cm³/mol. The van der Waals surface area contributed by atoms with Crippen LogP contribution in [0.4, 0.5) is 23.7 Å². The first kappa shape index (κ1) is 29.0. The normalized spacial score (nSPS) is 12.5. The van der Waals surface area contributed by atoms with E-state index < -0.39 is 40.0 Å². The first-order valence-electron chi connectivity index (χ1n) is 11.2. The van der Waals surface area contributed by atoms with Gasteiger partial charge in [-0.2, -0.15) is 13.2 Å². The lowest BCUT2D eigenvalue weighted by Gasteiger charge is -2.18. The molecule has 0 fully saturated rings. The molecule has 0 aliphatic carbocycles. The Morgan fingerprint density at radius 1 is 0.921 bits per heavy atom. The highest BCUT2D eigenvalue weighted by molar-refractivity contribution is 8.00. The molecule has 202 valence electrons. The molecular weight excluding hydrogens is 543 g/mol. The SMILES string of the molecule is O=C(O)CC(NS(=O)(=O)c1ccc(-c2cccc(NC(=O)NCCSC(F)(F)F)c2)cc1)c1ccccc1. The smallest absolute Gasteiger partial charge is 0.441 e. The average Bonchev–Trinajstić information content (AvgIpc) is 2.86. The number of nitrogens with one attached hydrogen (secondary N) is 3. The fourth-order valence-corrected chi connectivity index (χ4v) is 5.11. The van der Waals surface area contributed by atoms with Gasteiger partial charge in [-0.05, 0) is 52.7 Å². The van der Waals surface area contributed by atoms with Gasteiger partial charge in [0.1, 0.15) is 0 Å². The van der Waals surface area contributed by atoms with Crippen molar-refractivity contribution in [1.29, 1.82) is 0 Å². The minimum Gasteiger partial charge on any atom is -0.481 e. The number of amides is 2. The van der Waals surface area contributed by atoms with E-state index in [1.54, 1.807) is 66.7 Å². The molecule has 3 aromatic rings. The molecule has 0 bridgehead atoms. The summed E-state index contributed by atoms with van der Waals surface area (Å²) < 4.78 is 64.9. The van der Waals surface area contributed by atoms with E-state index in [0.717, 1.165) is 0 Å². The van der Waals surface area contributed by atoms with E-state index in [0.29, 0.717) is 22.4 Å². The number of carbonyl (C=O) groups excluding carboxylic acids is 1. The van der Waals surface area contributed by atoms with Gasteiger partial charge in [-0.3, -0.25) is 4.79 Å². The number of halogens is 3. The minimum absolute atomic E-state index is 0.0575. The van der Waals surface area contributed by atoms with E-state index in [2.05, 4.69) is 15.4 Å². The topological polar surface area (TPSA) is 125 Å². The summed E-state index contributed by atoms with van der Waals surface area (Å²) in [6.07, 6.45) is -0.435. The number of sulfonamides is 1. The molecule has 0 heterocycles. The van der Waals surface area contributed by atoms with E-state index in [1.165, 1.54) is 12.1 Å². The predicted octanol–water partition coefficient (Wildman–Crippen LogP) is 5.22. The second-order valence-corrected chi connectivity index (χ2v) is 10.8. The van der Waals surface area contributed by atoms with Gasteiger partial charge in [0.15, 0.2) is 0 Å². The van der Waals surface area contributed by atoms with Crippen molar-refractivity contribution in [2.45, 2.75) is 22.9 Å². The summed E-state index contributed by atoms with van der Waals surface area (Å²) >= 11 is -0.227. The van der Waals surface area contributed by atoms with E-state index in [9.17, 15) is 36.3 Å².